The van der Waals surface area contributed by atoms with E-state index >= 15 is 0 Å². The van der Waals surface area contributed by atoms with Crippen LogP contribution in [0.4, 0.5) is 4.79 Å². The first-order chi connectivity index (χ1) is 14.8. The summed E-state index contributed by atoms with van der Waals surface area (Å²) in [6, 6.07) is 15.3. The van der Waals surface area contributed by atoms with Crippen LogP contribution in [0, 0.1) is 20.8 Å². The van der Waals surface area contributed by atoms with Crippen LogP contribution in [0.3, 0.4) is 0 Å². The average Bonchev–Trinajstić information content (AvgIpc) is 3.14. The van der Waals surface area contributed by atoms with E-state index in [1.54, 1.807) is 12.1 Å². The highest BCUT2D eigenvalue weighted by molar-refractivity contribution is 8.18. The zero-order valence-electron chi connectivity index (χ0n) is 17.3. The van der Waals surface area contributed by atoms with Crippen molar-refractivity contribution in [1.29, 1.82) is 0 Å². The minimum Gasteiger partial charge on any atom is -0.316 e. The number of hydrogen-bond acceptors (Lipinski definition) is 3. The fourth-order valence-corrected chi connectivity index (χ4v) is 4.95. The van der Waals surface area contributed by atoms with Crippen LogP contribution in [-0.4, -0.2) is 20.6 Å². The van der Waals surface area contributed by atoms with Gasteiger partial charge in [-0.25, -0.2) is 0 Å². The van der Waals surface area contributed by atoms with Gasteiger partial charge in [-0.3, -0.25) is 14.5 Å². The zero-order valence-corrected chi connectivity index (χ0v) is 19.6. The highest BCUT2D eigenvalue weighted by Crippen LogP contribution is 2.36. The molecule has 0 N–H and O–H groups in total. The fraction of sp³-hybridized carbons (Fsp3) is 0.167. The molecule has 0 saturated carbocycles. The van der Waals surface area contributed by atoms with Crippen LogP contribution >= 0.6 is 35.0 Å². The Labute approximate surface area is 195 Å². The van der Waals surface area contributed by atoms with Crippen LogP contribution in [0.25, 0.3) is 11.8 Å². The molecule has 7 heteroatoms. The second-order valence-electron chi connectivity index (χ2n) is 7.49. The minimum atomic E-state index is -0.276. The Morgan fingerprint density at radius 1 is 1.00 bits per heavy atom. The molecule has 31 heavy (non-hydrogen) atoms. The second kappa shape index (κ2) is 8.58. The van der Waals surface area contributed by atoms with Crippen LogP contribution in [0.2, 0.25) is 10.0 Å². The molecular weight excluding hydrogens is 451 g/mol. The summed E-state index contributed by atoms with van der Waals surface area (Å²) in [7, 11) is 0. The smallest absolute Gasteiger partial charge is 0.293 e. The monoisotopic (exact) mass is 470 g/mol. The van der Waals surface area contributed by atoms with Crippen molar-refractivity contribution in [2.24, 2.45) is 0 Å². The summed E-state index contributed by atoms with van der Waals surface area (Å²) in [6.45, 7) is 6.16. The molecule has 0 bridgehead atoms. The Hall–Kier alpha value is -2.47. The lowest BCUT2D eigenvalue weighted by molar-refractivity contribution is -0.123. The maximum atomic E-state index is 13.0. The zero-order chi connectivity index (χ0) is 22.3. The number of thioether (sulfide) groups is 1. The van der Waals surface area contributed by atoms with Gasteiger partial charge in [0.2, 0.25) is 0 Å². The first-order valence-electron chi connectivity index (χ1n) is 9.70. The van der Waals surface area contributed by atoms with E-state index in [4.69, 9.17) is 23.2 Å². The van der Waals surface area contributed by atoms with Gasteiger partial charge in [0.05, 0.1) is 27.2 Å². The van der Waals surface area contributed by atoms with Gasteiger partial charge in [0.15, 0.2) is 0 Å². The number of hydrogen-bond donors (Lipinski definition) is 0. The normalized spacial score (nSPS) is 15.4. The van der Waals surface area contributed by atoms with Crippen molar-refractivity contribution < 1.29 is 9.59 Å². The van der Waals surface area contributed by atoms with E-state index in [9.17, 15) is 9.59 Å². The third-order valence-corrected chi connectivity index (χ3v) is 6.94. The van der Waals surface area contributed by atoms with E-state index < -0.39 is 0 Å². The molecular formula is C24H20Cl2N2O2S. The van der Waals surface area contributed by atoms with Crippen LogP contribution in [0.5, 0.6) is 0 Å². The molecule has 1 saturated heterocycles. The Balaban J connectivity index is 1.66. The predicted octanol–water partition coefficient (Wildman–Crippen LogP) is 6.95. The maximum Gasteiger partial charge on any atom is 0.293 e. The van der Waals surface area contributed by atoms with Crippen molar-refractivity contribution in [3.05, 3.63) is 91.6 Å². The molecule has 158 valence electrons. The topological polar surface area (TPSA) is 42.3 Å². The summed E-state index contributed by atoms with van der Waals surface area (Å²) >= 11 is 13.6. The van der Waals surface area contributed by atoms with Crippen LogP contribution in [0.15, 0.2) is 53.4 Å². The Kier molecular flexibility index (Phi) is 6.02. The molecule has 1 fully saturated rings. The number of carbonyl (C=O) groups is 2. The molecule has 0 atom stereocenters. The number of amides is 2. The van der Waals surface area contributed by atoms with Gasteiger partial charge < -0.3 is 4.57 Å². The first-order valence-corrected chi connectivity index (χ1v) is 11.3. The SMILES string of the molecule is Cc1cccc(CN2C(=O)S/C(=C\c3cc(C)n(-c4cccc(Cl)c4Cl)c3C)C2=O)c1. The number of benzene rings is 2. The molecule has 2 aromatic carbocycles. The van der Waals surface area contributed by atoms with E-state index in [-0.39, 0.29) is 17.7 Å². The lowest BCUT2D eigenvalue weighted by Crippen LogP contribution is -2.27. The molecule has 0 aliphatic carbocycles. The molecule has 2 amide bonds. The highest BCUT2D eigenvalue weighted by Gasteiger charge is 2.35. The molecule has 1 aliphatic heterocycles. The quantitative estimate of drug-likeness (QED) is 0.387. The van der Waals surface area contributed by atoms with E-state index in [0.29, 0.717) is 15.0 Å². The van der Waals surface area contributed by atoms with Crippen LogP contribution < -0.4 is 0 Å². The number of aromatic nitrogens is 1. The van der Waals surface area contributed by atoms with Crippen molar-refractivity contribution in [3.63, 3.8) is 0 Å². The number of imide groups is 1. The van der Waals surface area contributed by atoms with E-state index in [0.717, 1.165) is 45.5 Å². The lowest BCUT2D eigenvalue weighted by atomic mass is 10.1. The van der Waals surface area contributed by atoms with Gasteiger partial charge in [0.25, 0.3) is 11.1 Å². The summed E-state index contributed by atoms with van der Waals surface area (Å²) in [4.78, 5) is 27.2. The summed E-state index contributed by atoms with van der Waals surface area (Å²) in [6.07, 6.45) is 1.78. The van der Waals surface area contributed by atoms with E-state index in [2.05, 4.69) is 0 Å². The van der Waals surface area contributed by atoms with Crippen LogP contribution in [-0.2, 0) is 11.3 Å². The number of nitrogens with zero attached hydrogens (tertiary/aromatic N) is 2. The Bertz CT molecular complexity index is 1250. The number of aryl methyl sites for hydroxylation is 2. The minimum absolute atomic E-state index is 0.260. The van der Waals surface area contributed by atoms with Gasteiger partial charge >= 0.3 is 0 Å². The van der Waals surface area contributed by atoms with Gasteiger partial charge in [-0.15, -0.1) is 0 Å². The standard InChI is InChI=1S/C24H20Cl2N2O2S/c1-14-6-4-7-17(10-14)13-27-23(29)21(31-24(27)30)12-18-11-15(2)28(16(18)3)20-9-5-8-19(25)22(20)26/h4-12H,13H2,1-3H3/b21-12-. The van der Waals surface area contributed by atoms with Crippen molar-refractivity contribution >= 4 is 52.2 Å². The highest BCUT2D eigenvalue weighted by atomic mass is 35.5. The molecule has 0 radical (unpaired) electrons. The number of carbonyl (C=O) groups excluding carboxylic acids is 2. The predicted molar refractivity (Wildman–Crippen MR) is 128 cm³/mol. The lowest BCUT2D eigenvalue weighted by Gasteiger charge is -2.13. The van der Waals surface area contributed by atoms with Gasteiger partial charge in [-0.05, 0) is 67.9 Å². The van der Waals surface area contributed by atoms with Crippen molar-refractivity contribution in [1.82, 2.24) is 9.47 Å². The number of rotatable bonds is 4. The number of halogens is 2. The van der Waals surface area contributed by atoms with Gasteiger partial charge in [-0.1, -0.05) is 59.1 Å². The molecule has 1 aliphatic rings. The largest absolute Gasteiger partial charge is 0.316 e. The van der Waals surface area contributed by atoms with Crippen molar-refractivity contribution in [2.75, 3.05) is 0 Å². The second-order valence-corrected chi connectivity index (χ2v) is 9.27. The average molecular weight is 471 g/mol. The fourth-order valence-electron chi connectivity index (χ4n) is 3.74. The summed E-state index contributed by atoms with van der Waals surface area (Å²) < 4.78 is 2.00. The molecule has 0 spiro atoms. The molecule has 4 rings (SSSR count). The Morgan fingerprint density at radius 2 is 1.74 bits per heavy atom. The summed E-state index contributed by atoms with van der Waals surface area (Å²) in [5, 5.41) is 0.686. The van der Waals surface area contributed by atoms with Crippen molar-refractivity contribution in [3.8, 4) is 5.69 Å². The maximum absolute atomic E-state index is 13.0. The van der Waals surface area contributed by atoms with E-state index in [1.165, 1.54) is 4.90 Å². The third-order valence-electron chi connectivity index (χ3n) is 5.23. The van der Waals surface area contributed by atoms with Crippen molar-refractivity contribution in [2.45, 2.75) is 27.3 Å². The van der Waals surface area contributed by atoms with Gasteiger partial charge in [0, 0.05) is 11.4 Å². The summed E-state index contributed by atoms with van der Waals surface area (Å²) in [5.74, 6) is -0.276. The first kappa shape index (κ1) is 21.8. The van der Waals surface area contributed by atoms with Crippen LogP contribution in [0.1, 0.15) is 28.1 Å². The molecule has 2 heterocycles. The molecule has 3 aromatic rings. The van der Waals surface area contributed by atoms with Gasteiger partial charge in [0.1, 0.15) is 0 Å². The van der Waals surface area contributed by atoms with Gasteiger partial charge in [-0.2, -0.15) is 0 Å². The molecule has 1 aromatic heterocycles. The Morgan fingerprint density at radius 3 is 2.48 bits per heavy atom. The summed E-state index contributed by atoms with van der Waals surface area (Å²) in [5.41, 5.74) is 5.51. The third kappa shape index (κ3) is 4.18. The molecule has 0 unspecified atom stereocenters. The molecule has 4 nitrogen and oxygen atoms in total. The van der Waals surface area contributed by atoms with E-state index in [1.807, 2.05) is 67.8 Å².